The van der Waals surface area contributed by atoms with Crippen LogP contribution in [0.3, 0.4) is 0 Å². The van der Waals surface area contributed by atoms with Crippen LogP contribution in [0, 0.1) is 0 Å². The maximum absolute atomic E-state index is 14.3. The van der Waals surface area contributed by atoms with Gasteiger partial charge >= 0.3 is 0 Å². The lowest BCUT2D eigenvalue weighted by molar-refractivity contribution is -0.140. The van der Waals surface area contributed by atoms with Gasteiger partial charge in [-0.15, -0.1) is 0 Å². The number of anilines is 1. The molecule has 0 aromatic heterocycles. The van der Waals surface area contributed by atoms with E-state index in [0.29, 0.717) is 16.5 Å². The summed E-state index contributed by atoms with van der Waals surface area (Å²) in [4.78, 5) is 29.8. The first kappa shape index (κ1) is 30.7. The van der Waals surface area contributed by atoms with Crippen molar-refractivity contribution in [2.75, 3.05) is 23.4 Å². The maximum Gasteiger partial charge on any atom is 0.244 e. The van der Waals surface area contributed by atoms with E-state index >= 15 is 0 Å². The van der Waals surface area contributed by atoms with Crippen molar-refractivity contribution in [2.45, 2.75) is 57.7 Å². The Hall–Kier alpha value is -3.76. The Kier molecular flexibility index (Phi) is 9.77. The number of halogens is 1. The number of nitrogens with zero attached hydrogens (tertiary/aromatic N) is 2. The number of nitrogens with one attached hydrogen (secondary N) is 1. The highest BCUT2D eigenvalue weighted by Crippen LogP contribution is 2.36. The predicted molar refractivity (Wildman–Crippen MR) is 166 cm³/mol. The van der Waals surface area contributed by atoms with E-state index in [-0.39, 0.29) is 43.1 Å². The number of sulfonamides is 1. The summed E-state index contributed by atoms with van der Waals surface area (Å²) < 4.78 is 38.7. The van der Waals surface area contributed by atoms with Crippen LogP contribution in [0.5, 0.6) is 11.5 Å². The number of ether oxygens (including phenoxy) is 2. The largest absolute Gasteiger partial charge is 0.454 e. The van der Waals surface area contributed by atoms with Crippen LogP contribution in [0.25, 0.3) is 0 Å². The average molecular weight is 626 g/mol. The van der Waals surface area contributed by atoms with E-state index in [1.165, 1.54) is 11.8 Å². The molecule has 2 amide bonds. The summed E-state index contributed by atoms with van der Waals surface area (Å²) in [6, 6.07) is 20.5. The van der Waals surface area contributed by atoms with Crippen LogP contribution < -0.4 is 19.1 Å². The molecule has 43 heavy (non-hydrogen) atoms. The summed E-state index contributed by atoms with van der Waals surface area (Å²) in [6.07, 6.45) is 4.13. The van der Waals surface area contributed by atoms with Gasteiger partial charge in [0.05, 0.1) is 11.4 Å². The zero-order chi connectivity index (χ0) is 30.4. The topological polar surface area (TPSA) is 105 Å². The Morgan fingerprint density at radius 1 is 0.953 bits per heavy atom. The molecule has 1 N–H and O–H groups in total. The summed E-state index contributed by atoms with van der Waals surface area (Å²) in [5, 5.41) is 3.71. The fraction of sp³-hybridized carbons (Fsp3) is 0.375. The highest BCUT2D eigenvalue weighted by Gasteiger charge is 2.35. The minimum atomic E-state index is -3.89. The van der Waals surface area contributed by atoms with E-state index < -0.39 is 28.5 Å². The van der Waals surface area contributed by atoms with E-state index in [4.69, 9.17) is 21.1 Å². The molecule has 0 saturated heterocycles. The second-order valence-corrected chi connectivity index (χ2v) is 13.4. The molecule has 0 bridgehead atoms. The summed E-state index contributed by atoms with van der Waals surface area (Å²) in [6.45, 7) is 1.15. The van der Waals surface area contributed by atoms with Crippen molar-refractivity contribution in [3.63, 3.8) is 0 Å². The van der Waals surface area contributed by atoms with Crippen molar-refractivity contribution >= 4 is 39.1 Å². The van der Waals surface area contributed by atoms with Gasteiger partial charge in [-0.25, -0.2) is 8.42 Å². The summed E-state index contributed by atoms with van der Waals surface area (Å²) in [7, 11) is -3.89. The van der Waals surface area contributed by atoms with E-state index in [1.807, 2.05) is 30.3 Å². The van der Waals surface area contributed by atoms with Crippen molar-refractivity contribution < 1.29 is 27.5 Å². The van der Waals surface area contributed by atoms with Crippen molar-refractivity contribution in [3.05, 3.63) is 88.9 Å². The second kappa shape index (κ2) is 13.7. The normalized spacial score (nSPS) is 15.2. The van der Waals surface area contributed by atoms with Crippen molar-refractivity contribution in [2.24, 2.45) is 0 Å². The molecule has 1 fully saturated rings. The van der Waals surface area contributed by atoms with Gasteiger partial charge in [-0.1, -0.05) is 66.9 Å². The van der Waals surface area contributed by atoms with Gasteiger partial charge in [0, 0.05) is 30.1 Å². The average Bonchev–Trinajstić information content (AvgIpc) is 3.71. The number of amides is 2. The molecule has 0 radical (unpaired) electrons. The van der Waals surface area contributed by atoms with Gasteiger partial charge in [-0.3, -0.25) is 13.9 Å². The standard InChI is InChI=1S/C32H36ClN3O6S/c1-2-43(39,40)36(27-16-17-29-30(19-27)42-22-41-29)21-31(37)35(20-24-12-14-25(33)15-13-24)28(18-23-8-4-3-5-9-23)32(38)34-26-10-6-7-11-26/h3-5,8-9,12-17,19,26,28H,2,6-7,10-11,18,20-22H2,1H3,(H,34,38). The third-order valence-corrected chi connectivity index (χ3v) is 9.86. The van der Waals surface area contributed by atoms with Crippen LogP contribution >= 0.6 is 11.6 Å². The first-order valence-electron chi connectivity index (χ1n) is 14.5. The van der Waals surface area contributed by atoms with Gasteiger partial charge in [-0.05, 0) is 55.2 Å². The SMILES string of the molecule is CCS(=O)(=O)N(CC(=O)N(Cc1ccc(Cl)cc1)C(Cc1ccccc1)C(=O)NC1CCCC1)c1ccc2c(c1)OCO2. The third kappa shape index (κ3) is 7.61. The number of carbonyl (C=O) groups excluding carboxylic acids is 2. The molecule has 1 unspecified atom stereocenters. The highest BCUT2D eigenvalue weighted by atomic mass is 35.5. The zero-order valence-corrected chi connectivity index (χ0v) is 25.6. The number of fused-ring (bicyclic) bond motifs is 1. The molecule has 3 aromatic carbocycles. The van der Waals surface area contributed by atoms with Crippen LogP contribution in [0.15, 0.2) is 72.8 Å². The lowest BCUT2D eigenvalue weighted by Gasteiger charge is -2.34. The van der Waals surface area contributed by atoms with Crippen LogP contribution in [0.1, 0.15) is 43.7 Å². The minimum absolute atomic E-state index is 0.0321. The van der Waals surface area contributed by atoms with Crippen LogP contribution in [0.2, 0.25) is 5.02 Å². The number of rotatable bonds is 12. The van der Waals surface area contributed by atoms with Crippen molar-refractivity contribution in [1.82, 2.24) is 10.2 Å². The highest BCUT2D eigenvalue weighted by molar-refractivity contribution is 7.92. The maximum atomic E-state index is 14.3. The molecule has 11 heteroatoms. The second-order valence-electron chi connectivity index (χ2n) is 10.8. The van der Waals surface area contributed by atoms with Crippen molar-refractivity contribution in [1.29, 1.82) is 0 Å². The lowest BCUT2D eigenvalue weighted by Crippen LogP contribution is -2.54. The fourth-order valence-electron chi connectivity index (χ4n) is 5.47. The van der Waals surface area contributed by atoms with Gasteiger partial charge in [0.2, 0.25) is 28.6 Å². The number of hydrogen-bond donors (Lipinski definition) is 1. The van der Waals surface area contributed by atoms with Gasteiger partial charge < -0.3 is 19.7 Å². The van der Waals surface area contributed by atoms with E-state index in [9.17, 15) is 18.0 Å². The molecule has 1 aliphatic carbocycles. The molecule has 1 aliphatic heterocycles. The first-order valence-corrected chi connectivity index (χ1v) is 16.5. The molecule has 2 aliphatic rings. The Morgan fingerprint density at radius 3 is 2.35 bits per heavy atom. The molecular weight excluding hydrogens is 590 g/mol. The Bertz CT molecular complexity index is 1530. The van der Waals surface area contributed by atoms with Gasteiger partial charge in [0.1, 0.15) is 12.6 Å². The smallest absolute Gasteiger partial charge is 0.244 e. The van der Waals surface area contributed by atoms with Crippen LogP contribution in [-0.4, -0.2) is 56.3 Å². The van der Waals surface area contributed by atoms with Gasteiger partial charge in [0.25, 0.3) is 0 Å². The summed E-state index contributed by atoms with van der Waals surface area (Å²) >= 11 is 6.13. The van der Waals surface area contributed by atoms with E-state index in [2.05, 4.69) is 5.32 Å². The molecule has 1 atom stereocenters. The quantitative estimate of drug-likeness (QED) is 0.306. The molecule has 9 nitrogen and oxygen atoms in total. The van der Waals surface area contributed by atoms with Crippen molar-refractivity contribution in [3.8, 4) is 11.5 Å². The Labute approximate surface area is 257 Å². The molecular formula is C32H36ClN3O6S. The predicted octanol–water partition coefficient (Wildman–Crippen LogP) is 4.92. The third-order valence-electron chi connectivity index (χ3n) is 7.86. The van der Waals surface area contributed by atoms with Crippen LogP contribution in [-0.2, 0) is 32.6 Å². The Morgan fingerprint density at radius 2 is 1.65 bits per heavy atom. The summed E-state index contributed by atoms with van der Waals surface area (Å²) in [5.74, 6) is -0.0863. The lowest BCUT2D eigenvalue weighted by atomic mass is 10.0. The number of carbonyl (C=O) groups is 2. The monoisotopic (exact) mass is 625 g/mol. The van der Waals surface area contributed by atoms with Crippen LogP contribution in [0.4, 0.5) is 5.69 Å². The van der Waals surface area contributed by atoms with E-state index in [0.717, 1.165) is 41.1 Å². The van der Waals surface area contributed by atoms with E-state index in [1.54, 1.807) is 42.5 Å². The first-order chi connectivity index (χ1) is 20.7. The Balaban J connectivity index is 1.51. The molecule has 1 saturated carbocycles. The van der Waals surface area contributed by atoms with Gasteiger partial charge in [0.15, 0.2) is 11.5 Å². The summed E-state index contributed by atoms with van der Waals surface area (Å²) in [5.41, 5.74) is 1.93. The molecule has 1 heterocycles. The molecule has 0 spiro atoms. The fourth-order valence-corrected chi connectivity index (χ4v) is 6.65. The zero-order valence-electron chi connectivity index (χ0n) is 24.1. The van der Waals surface area contributed by atoms with Gasteiger partial charge in [-0.2, -0.15) is 0 Å². The molecule has 3 aromatic rings. The number of hydrogen-bond acceptors (Lipinski definition) is 6. The number of benzene rings is 3. The minimum Gasteiger partial charge on any atom is -0.454 e. The molecule has 5 rings (SSSR count). The molecule has 228 valence electrons.